The van der Waals surface area contributed by atoms with Crippen LogP contribution in [0.2, 0.25) is 0 Å². The largest absolute Gasteiger partial charge is 0.451 e. The first-order chi connectivity index (χ1) is 9.88. The first-order valence-electron chi connectivity index (χ1n) is 6.48. The van der Waals surface area contributed by atoms with Gasteiger partial charge in [0.05, 0.1) is 0 Å². The Balaban J connectivity index is 2.60. The van der Waals surface area contributed by atoms with E-state index in [-0.39, 0.29) is 11.6 Å². The fourth-order valence-corrected chi connectivity index (χ4v) is 1.75. The van der Waals surface area contributed by atoms with E-state index in [0.29, 0.717) is 24.5 Å². The van der Waals surface area contributed by atoms with Gasteiger partial charge in [-0.05, 0) is 0 Å². The van der Waals surface area contributed by atoms with Crippen molar-refractivity contribution in [1.29, 1.82) is 0 Å². The Hall–Kier alpha value is -2.19. The molecule has 2 rings (SSSR count). The summed E-state index contributed by atoms with van der Waals surface area (Å²) in [5, 5.41) is 6.78. The van der Waals surface area contributed by atoms with E-state index in [1.54, 1.807) is 0 Å². The van der Waals surface area contributed by atoms with Crippen LogP contribution in [-0.4, -0.2) is 31.8 Å². The molecule has 0 spiro atoms. The van der Waals surface area contributed by atoms with E-state index in [1.807, 2.05) is 13.8 Å². The third kappa shape index (κ3) is 3.11. The van der Waals surface area contributed by atoms with Crippen molar-refractivity contribution in [3.8, 4) is 5.82 Å². The second-order valence-corrected chi connectivity index (χ2v) is 4.25. The summed E-state index contributed by atoms with van der Waals surface area (Å²) >= 11 is 0. The van der Waals surface area contributed by atoms with E-state index in [1.165, 1.54) is 17.8 Å². The zero-order valence-electron chi connectivity index (χ0n) is 11.9. The smallest absolute Gasteiger partial charge is 0.373 e. The maximum Gasteiger partial charge on any atom is 0.451 e. The van der Waals surface area contributed by atoms with Crippen LogP contribution in [0.4, 0.5) is 19.0 Å². The zero-order valence-corrected chi connectivity index (χ0v) is 11.9. The molecule has 114 valence electrons. The van der Waals surface area contributed by atoms with Crippen molar-refractivity contribution < 1.29 is 13.2 Å². The highest BCUT2D eigenvalue weighted by Gasteiger charge is 2.35. The van der Waals surface area contributed by atoms with Crippen LogP contribution in [0.3, 0.4) is 0 Å². The number of rotatable bonds is 4. The molecule has 2 heterocycles. The standard InChI is InChI=1S/C12H15F3N6/c1-4-7-17-9(5-2)21(20-7)10-6-8(16-3)18-11(19-10)12(13,14)15/h6H,4-5H2,1-3H3,(H,16,18,19). The third-order valence-electron chi connectivity index (χ3n) is 2.79. The number of aromatic nitrogens is 5. The van der Waals surface area contributed by atoms with Crippen LogP contribution in [0, 0.1) is 0 Å². The SMILES string of the molecule is CCc1nc(CC)n(-c2cc(NC)nc(C(F)(F)F)n2)n1. The van der Waals surface area contributed by atoms with Gasteiger partial charge in [0.25, 0.3) is 0 Å². The lowest BCUT2D eigenvalue weighted by atomic mass is 10.4. The summed E-state index contributed by atoms with van der Waals surface area (Å²) in [7, 11) is 1.49. The van der Waals surface area contributed by atoms with Gasteiger partial charge in [-0.1, -0.05) is 13.8 Å². The molecule has 1 N–H and O–H groups in total. The lowest BCUT2D eigenvalue weighted by molar-refractivity contribution is -0.144. The van der Waals surface area contributed by atoms with E-state index in [4.69, 9.17) is 0 Å². The van der Waals surface area contributed by atoms with Crippen molar-refractivity contribution in [3.05, 3.63) is 23.5 Å². The van der Waals surface area contributed by atoms with Crippen molar-refractivity contribution in [2.75, 3.05) is 12.4 Å². The monoisotopic (exact) mass is 300 g/mol. The molecule has 6 nitrogen and oxygen atoms in total. The predicted octanol–water partition coefficient (Wildman–Crippen LogP) is 2.24. The molecule has 0 aliphatic carbocycles. The van der Waals surface area contributed by atoms with Gasteiger partial charge in [0, 0.05) is 26.0 Å². The van der Waals surface area contributed by atoms with Crippen LogP contribution in [0.15, 0.2) is 6.07 Å². The molecule has 2 aromatic heterocycles. The summed E-state index contributed by atoms with van der Waals surface area (Å²) in [5.41, 5.74) is 0. The van der Waals surface area contributed by atoms with Crippen LogP contribution in [0.25, 0.3) is 5.82 Å². The van der Waals surface area contributed by atoms with Crippen molar-refractivity contribution in [2.45, 2.75) is 32.9 Å². The number of nitrogens with one attached hydrogen (secondary N) is 1. The first kappa shape index (κ1) is 15.2. The fraction of sp³-hybridized carbons (Fsp3) is 0.500. The Morgan fingerprint density at radius 2 is 1.86 bits per heavy atom. The molecule has 0 amide bonds. The van der Waals surface area contributed by atoms with Crippen LogP contribution >= 0.6 is 0 Å². The molecular formula is C12H15F3N6. The van der Waals surface area contributed by atoms with Gasteiger partial charge in [-0.25, -0.2) is 15.0 Å². The molecule has 0 bridgehead atoms. The Kier molecular flexibility index (Phi) is 4.10. The van der Waals surface area contributed by atoms with Crippen molar-refractivity contribution in [2.24, 2.45) is 0 Å². The highest BCUT2D eigenvalue weighted by Crippen LogP contribution is 2.28. The topological polar surface area (TPSA) is 68.5 Å². The van der Waals surface area contributed by atoms with Gasteiger partial charge in [0.2, 0.25) is 5.82 Å². The van der Waals surface area contributed by atoms with E-state index in [2.05, 4.69) is 25.4 Å². The summed E-state index contributed by atoms with van der Waals surface area (Å²) in [4.78, 5) is 11.2. The second-order valence-electron chi connectivity index (χ2n) is 4.25. The molecule has 9 heteroatoms. The molecule has 2 aromatic rings. The molecule has 0 aromatic carbocycles. The summed E-state index contributed by atoms with van der Waals surface area (Å²) in [6, 6.07) is 1.41. The summed E-state index contributed by atoms with van der Waals surface area (Å²) in [6.07, 6.45) is -3.49. The maximum absolute atomic E-state index is 12.9. The van der Waals surface area contributed by atoms with Gasteiger partial charge >= 0.3 is 6.18 Å². The minimum absolute atomic E-state index is 0.0470. The second kappa shape index (κ2) is 5.66. The van der Waals surface area contributed by atoms with E-state index >= 15 is 0 Å². The molecule has 0 aliphatic heterocycles. The van der Waals surface area contributed by atoms with Gasteiger partial charge < -0.3 is 5.32 Å². The van der Waals surface area contributed by atoms with Crippen LogP contribution < -0.4 is 5.32 Å². The fourth-order valence-electron chi connectivity index (χ4n) is 1.75. The Labute approximate surface area is 119 Å². The lowest BCUT2D eigenvalue weighted by Gasteiger charge is -2.10. The average molecular weight is 300 g/mol. The number of alkyl halides is 3. The Morgan fingerprint density at radius 3 is 2.38 bits per heavy atom. The number of aryl methyl sites for hydroxylation is 2. The summed E-state index contributed by atoms with van der Waals surface area (Å²) in [6.45, 7) is 3.73. The Morgan fingerprint density at radius 1 is 1.14 bits per heavy atom. The first-order valence-corrected chi connectivity index (χ1v) is 6.48. The molecule has 0 unspecified atom stereocenters. The van der Waals surface area contributed by atoms with Gasteiger partial charge in [-0.15, -0.1) is 5.10 Å². The molecule has 0 fully saturated rings. The zero-order chi connectivity index (χ0) is 15.6. The number of hydrogen-bond donors (Lipinski definition) is 1. The molecule has 0 radical (unpaired) electrons. The van der Waals surface area contributed by atoms with Gasteiger partial charge in [0.15, 0.2) is 11.6 Å². The van der Waals surface area contributed by atoms with E-state index in [9.17, 15) is 13.2 Å². The maximum atomic E-state index is 12.9. The number of halogens is 3. The molecule has 0 atom stereocenters. The highest BCUT2D eigenvalue weighted by atomic mass is 19.4. The molecular weight excluding hydrogens is 285 g/mol. The van der Waals surface area contributed by atoms with Crippen molar-refractivity contribution in [1.82, 2.24) is 24.7 Å². The molecule has 0 aliphatic rings. The number of nitrogens with zero attached hydrogens (tertiary/aromatic N) is 5. The minimum atomic E-state index is -4.62. The predicted molar refractivity (Wildman–Crippen MR) is 70.3 cm³/mol. The van der Waals surface area contributed by atoms with Crippen LogP contribution in [-0.2, 0) is 19.0 Å². The lowest BCUT2D eigenvalue weighted by Crippen LogP contribution is -2.16. The summed E-state index contributed by atoms with van der Waals surface area (Å²) in [5.74, 6) is 0.0272. The van der Waals surface area contributed by atoms with Gasteiger partial charge in [0.1, 0.15) is 11.6 Å². The van der Waals surface area contributed by atoms with Gasteiger partial charge in [-0.2, -0.15) is 17.9 Å². The minimum Gasteiger partial charge on any atom is -0.373 e. The van der Waals surface area contributed by atoms with Crippen molar-refractivity contribution >= 4 is 5.82 Å². The van der Waals surface area contributed by atoms with Crippen LogP contribution in [0.1, 0.15) is 31.3 Å². The van der Waals surface area contributed by atoms with E-state index in [0.717, 1.165) is 0 Å². The molecule has 21 heavy (non-hydrogen) atoms. The highest BCUT2D eigenvalue weighted by molar-refractivity contribution is 5.41. The van der Waals surface area contributed by atoms with Gasteiger partial charge in [-0.3, -0.25) is 0 Å². The number of hydrogen-bond acceptors (Lipinski definition) is 5. The number of anilines is 1. The summed E-state index contributed by atoms with van der Waals surface area (Å²) < 4.78 is 39.9. The molecule has 0 saturated carbocycles. The average Bonchev–Trinajstić information content (AvgIpc) is 2.89. The molecule has 0 saturated heterocycles. The Bertz CT molecular complexity index is 634. The van der Waals surface area contributed by atoms with E-state index < -0.39 is 12.0 Å². The van der Waals surface area contributed by atoms with Crippen LogP contribution in [0.5, 0.6) is 0 Å². The quantitative estimate of drug-likeness (QED) is 0.938. The van der Waals surface area contributed by atoms with Crippen molar-refractivity contribution in [3.63, 3.8) is 0 Å². The normalized spacial score (nSPS) is 11.7. The third-order valence-corrected chi connectivity index (χ3v) is 2.79.